The highest BCUT2D eigenvalue weighted by molar-refractivity contribution is 6.32. The molecule has 0 aliphatic heterocycles. The zero-order valence-electron chi connectivity index (χ0n) is 12.3. The van der Waals surface area contributed by atoms with Crippen molar-refractivity contribution in [2.24, 2.45) is 0 Å². The average molecular weight is 294 g/mol. The Morgan fingerprint density at radius 3 is 2.35 bits per heavy atom. The fourth-order valence-electron chi connectivity index (χ4n) is 2.14. The van der Waals surface area contributed by atoms with Crippen LogP contribution in [0.2, 0.25) is 5.02 Å². The number of rotatable bonds is 5. The van der Waals surface area contributed by atoms with E-state index in [9.17, 15) is 0 Å². The van der Waals surface area contributed by atoms with Gasteiger partial charge in [-0.2, -0.15) is 0 Å². The molecule has 108 valence electrons. The molecule has 0 saturated carbocycles. The van der Waals surface area contributed by atoms with E-state index < -0.39 is 0 Å². The van der Waals surface area contributed by atoms with Gasteiger partial charge in [-0.05, 0) is 62.7 Å². The van der Waals surface area contributed by atoms with Crippen LogP contribution < -0.4 is 10.1 Å². The van der Waals surface area contributed by atoms with E-state index in [1.807, 2.05) is 46.0 Å². The average Bonchev–Trinajstić information content (AvgIpc) is 2.75. The van der Waals surface area contributed by atoms with Gasteiger partial charge < -0.3 is 14.5 Å². The molecule has 0 radical (unpaired) electrons. The molecule has 0 aliphatic carbocycles. The monoisotopic (exact) mass is 293 g/mol. The summed E-state index contributed by atoms with van der Waals surface area (Å²) in [6.45, 7) is 7.14. The van der Waals surface area contributed by atoms with Crippen molar-refractivity contribution in [3.63, 3.8) is 0 Å². The smallest absolute Gasteiger partial charge is 0.146 e. The van der Waals surface area contributed by atoms with Gasteiger partial charge in [0.25, 0.3) is 0 Å². The molecule has 0 saturated heterocycles. The van der Waals surface area contributed by atoms with Crippen molar-refractivity contribution < 1.29 is 9.15 Å². The number of benzene rings is 1. The normalized spacial score (nSPS) is 10.8. The number of halogens is 1. The van der Waals surface area contributed by atoms with E-state index in [0.717, 1.165) is 45.5 Å². The van der Waals surface area contributed by atoms with E-state index in [2.05, 4.69) is 5.32 Å². The van der Waals surface area contributed by atoms with E-state index >= 15 is 0 Å². The molecule has 3 nitrogen and oxygen atoms in total. The van der Waals surface area contributed by atoms with Crippen molar-refractivity contribution in [3.05, 3.63) is 51.4 Å². The zero-order chi connectivity index (χ0) is 14.7. The van der Waals surface area contributed by atoms with Crippen molar-refractivity contribution >= 4 is 11.6 Å². The Morgan fingerprint density at radius 2 is 1.75 bits per heavy atom. The third-order valence-corrected chi connectivity index (χ3v) is 3.80. The molecule has 1 aromatic carbocycles. The molecule has 2 aromatic rings. The second-order valence-corrected chi connectivity index (χ2v) is 5.39. The number of aryl methyl sites for hydroxylation is 3. The molecule has 1 N–H and O–H groups in total. The van der Waals surface area contributed by atoms with E-state index in [0.29, 0.717) is 6.61 Å². The lowest BCUT2D eigenvalue weighted by atomic mass is 10.1. The number of hydrogen-bond acceptors (Lipinski definition) is 3. The summed E-state index contributed by atoms with van der Waals surface area (Å²) in [6.07, 6.45) is 0. The van der Waals surface area contributed by atoms with Gasteiger partial charge in [-0.1, -0.05) is 11.6 Å². The topological polar surface area (TPSA) is 34.4 Å². The minimum atomic E-state index is 0.422. The van der Waals surface area contributed by atoms with Crippen molar-refractivity contribution in [2.45, 2.75) is 33.9 Å². The minimum Gasteiger partial charge on any atom is -0.486 e. The van der Waals surface area contributed by atoms with Gasteiger partial charge >= 0.3 is 0 Å². The summed E-state index contributed by atoms with van der Waals surface area (Å²) < 4.78 is 11.5. The standard InChI is InChI=1S/C16H20ClNO2/c1-10-5-14(20-15(10)8-18-4)9-19-13-6-11(2)16(17)12(3)7-13/h5-7,18H,8-9H2,1-4H3. The molecule has 0 atom stereocenters. The van der Waals surface area contributed by atoms with Crippen molar-refractivity contribution in [2.75, 3.05) is 7.05 Å². The summed E-state index contributed by atoms with van der Waals surface area (Å²) in [7, 11) is 1.90. The second kappa shape index (κ2) is 6.33. The van der Waals surface area contributed by atoms with Gasteiger partial charge in [0.15, 0.2) is 0 Å². The quantitative estimate of drug-likeness (QED) is 0.899. The molecule has 2 rings (SSSR count). The molecule has 0 unspecified atom stereocenters. The Hall–Kier alpha value is -1.45. The Balaban J connectivity index is 2.07. The highest BCUT2D eigenvalue weighted by Crippen LogP contribution is 2.26. The maximum Gasteiger partial charge on any atom is 0.146 e. The van der Waals surface area contributed by atoms with Crippen molar-refractivity contribution in [1.82, 2.24) is 5.32 Å². The van der Waals surface area contributed by atoms with Gasteiger partial charge in [0, 0.05) is 5.02 Å². The van der Waals surface area contributed by atoms with Crippen molar-refractivity contribution in [3.8, 4) is 5.75 Å². The van der Waals surface area contributed by atoms with Crippen LogP contribution in [0, 0.1) is 20.8 Å². The molecule has 4 heteroatoms. The number of furan rings is 1. The molecule has 20 heavy (non-hydrogen) atoms. The number of ether oxygens (including phenoxy) is 1. The van der Waals surface area contributed by atoms with Gasteiger partial charge in [0.05, 0.1) is 6.54 Å². The molecular formula is C16H20ClNO2. The first-order chi connectivity index (χ1) is 9.51. The van der Waals surface area contributed by atoms with Crippen LogP contribution in [-0.4, -0.2) is 7.05 Å². The maximum atomic E-state index is 6.14. The third kappa shape index (κ3) is 3.35. The Kier molecular flexibility index (Phi) is 4.73. The first-order valence-corrected chi connectivity index (χ1v) is 7.01. The lowest BCUT2D eigenvalue weighted by Crippen LogP contribution is -2.04. The van der Waals surface area contributed by atoms with E-state index in [1.54, 1.807) is 0 Å². The molecule has 1 aromatic heterocycles. The zero-order valence-corrected chi connectivity index (χ0v) is 13.1. The molecule has 0 bridgehead atoms. The Bertz CT molecular complexity index is 582. The lowest BCUT2D eigenvalue weighted by Gasteiger charge is -2.08. The van der Waals surface area contributed by atoms with Crippen LogP contribution in [0.25, 0.3) is 0 Å². The van der Waals surface area contributed by atoms with E-state index in [1.165, 1.54) is 0 Å². The van der Waals surface area contributed by atoms with E-state index in [-0.39, 0.29) is 0 Å². The first-order valence-electron chi connectivity index (χ1n) is 6.63. The van der Waals surface area contributed by atoms with Crippen LogP contribution >= 0.6 is 11.6 Å². The highest BCUT2D eigenvalue weighted by Gasteiger charge is 2.08. The number of nitrogens with one attached hydrogen (secondary N) is 1. The van der Waals surface area contributed by atoms with Gasteiger partial charge in [-0.25, -0.2) is 0 Å². The molecule has 0 spiro atoms. The van der Waals surface area contributed by atoms with Gasteiger partial charge in [-0.15, -0.1) is 0 Å². The summed E-state index contributed by atoms with van der Waals surface area (Å²) in [5.74, 6) is 2.60. The summed E-state index contributed by atoms with van der Waals surface area (Å²) in [5, 5.41) is 3.88. The Morgan fingerprint density at radius 1 is 1.10 bits per heavy atom. The molecule has 0 amide bonds. The molecular weight excluding hydrogens is 274 g/mol. The van der Waals surface area contributed by atoms with Gasteiger partial charge in [0.1, 0.15) is 23.9 Å². The molecule has 0 aliphatic rings. The Labute approximate surface area is 124 Å². The number of hydrogen-bond donors (Lipinski definition) is 1. The van der Waals surface area contributed by atoms with Crippen LogP contribution in [0.3, 0.4) is 0 Å². The van der Waals surface area contributed by atoms with Gasteiger partial charge in [-0.3, -0.25) is 0 Å². The predicted molar refractivity (Wildman–Crippen MR) is 81.5 cm³/mol. The summed E-state index contributed by atoms with van der Waals surface area (Å²) in [6, 6.07) is 5.90. The SMILES string of the molecule is CNCc1oc(COc2cc(C)c(Cl)c(C)c2)cc1C. The lowest BCUT2D eigenvalue weighted by molar-refractivity contribution is 0.265. The summed E-state index contributed by atoms with van der Waals surface area (Å²) in [5.41, 5.74) is 3.18. The molecule has 0 fully saturated rings. The highest BCUT2D eigenvalue weighted by atomic mass is 35.5. The van der Waals surface area contributed by atoms with Crippen LogP contribution in [0.4, 0.5) is 0 Å². The largest absolute Gasteiger partial charge is 0.486 e. The molecule has 1 heterocycles. The van der Waals surface area contributed by atoms with Crippen LogP contribution in [-0.2, 0) is 13.2 Å². The van der Waals surface area contributed by atoms with Crippen molar-refractivity contribution in [1.29, 1.82) is 0 Å². The van der Waals surface area contributed by atoms with Crippen LogP contribution in [0.1, 0.15) is 28.2 Å². The predicted octanol–water partition coefficient (Wildman–Crippen LogP) is 4.16. The third-order valence-electron chi connectivity index (χ3n) is 3.20. The van der Waals surface area contributed by atoms with E-state index in [4.69, 9.17) is 20.8 Å². The fourth-order valence-corrected chi connectivity index (χ4v) is 2.25. The summed E-state index contributed by atoms with van der Waals surface area (Å²) in [4.78, 5) is 0. The maximum absolute atomic E-state index is 6.14. The fraction of sp³-hybridized carbons (Fsp3) is 0.375. The second-order valence-electron chi connectivity index (χ2n) is 5.01. The summed E-state index contributed by atoms with van der Waals surface area (Å²) >= 11 is 6.14. The van der Waals surface area contributed by atoms with Crippen LogP contribution in [0.15, 0.2) is 22.6 Å². The van der Waals surface area contributed by atoms with Gasteiger partial charge in [0.2, 0.25) is 0 Å². The first kappa shape index (κ1) is 14.9. The minimum absolute atomic E-state index is 0.422. The van der Waals surface area contributed by atoms with Crippen LogP contribution in [0.5, 0.6) is 5.75 Å².